The van der Waals surface area contributed by atoms with Crippen LogP contribution >= 0.6 is 0 Å². The van der Waals surface area contributed by atoms with Crippen LogP contribution in [0.5, 0.6) is 5.75 Å². The fourth-order valence-electron chi connectivity index (χ4n) is 1.24. The van der Waals surface area contributed by atoms with Crippen LogP contribution in [0.3, 0.4) is 0 Å². The molecule has 0 radical (unpaired) electrons. The van der Waals surface area contributed by atoms with Crippen LogP contribution in [-0.2, 0) is 10.0 Å². The molecule has 0 saturated heterocycles. The standard InChI is InChI=1S/C11H14F3NO3S/c1-8(2)7-15-19(16,17)10-6-4-3-5-9(10)18-11(12,13)14/h3-6,8,15H,7H2,1-2H3. The molecule has 1 aromatic rings. The van der Waals surface area contributed by atoms with Crippen molar-refractivity contribution in [1.29, 1.82) is 0 Å². The van der Waals surface area contributed by atoms with Crippen molar-refractivity contribution < 1.29 is 26.3 Å². The minimum Gasteiger partial charge on any atom is -0.404 e. The lowest BCUT2D eigenvalue weighted by Crippen LogP contribution is -2.28. The molecular weight excluding hydrogens is 283 g/mol. The van der Waals surface area contributed by atoms with Gasteiger partial charge in [0.15, 0.2) is 0 Å². The third-order valence-electron chi connectivity index (χ3n) is 2.05. The molecule has 1 N–H and O–H groups in total. The van der Waals surface area contributed by atoms with Gasteiger partial charge in [-0.2, -0.15) is 0 Å². The Balaban J connectivity index is 3.06. The lowest BCUT2D eigenvalue weighted by molar-refractivity contribution is -0.275. The number of hydrogen-bond donors (Lipinski definition) is 1. The Hall–Kier alpha value is -1.28. The number of rotatable bonds is 5. The molecule has 4 nitrogen and oxygen atoms in total. The van der Waals surface area contributed by atoms with E-state index in [-0.39, 0.29) is 12.5 Å². The fourth-order valence-corrected chi connectivity index (χ4v) is 2.58. The highest BCUT2D eigenvalue weighted by atomic mass is 32.2. The van der Waals surface area contributed by atoms with Crippen LogP contribution in [-0.4, -0.2) is 21.3 Å². The van der Waals surface area contributed by atoms with Crippen molar-refractivity contribution in [2.45, 2.75) is 25.1 Å². The summed E-state index contributed by atoms with van der Waals surface area (Å²) in [6.07, 6.45) is -4.94. The zero-order valence-corrected chi connectivity index (χ0v) is 11.2. The Kier molecular flexibility index (Phi) is 4.81. The first kappa shape index (κ1) is 15.8. The maximum absolute atomic E-state index is 12.2. The second-order valence-corrected chi connectivity index (χ2v) is 5.98. The summed E-state index contributed by atoms with van der Waals surface area (Å²) in [6.45, 7) is 3.68. The summed E-state index contributed by atoms with van der Waals surface area (Å²) in [7, 11) is -4.03. The van der Waals surface area contributed by atoms with Gasteiger partial charge >= 0.3 is 6.36 Å². The number of nitrogens with one attached hydrogen (secondary N) is 1. The number of hydrogen-bond acceptors (Lipinski definition) is 3. The van der Waals surface area contributed by atoms with Gasteiger partial charge < -0.3 is 4.74 Å². The smallest absolute Gasteiger partial charge is 0.404 e. The van der Waals surface area contributed by atoms with E-state index in [1.54, 1.807) is 13.8 Å². The molecule has 8 heteroatoms. The van der Waals surface area contributed by atoms with E-state index in [4.69, 9.17) is 0 Å². The quantitative estimate of drug-likeness (QED) is 0.908. The van der Waals surface area contributed by atoms with Crippen molar-refractivity contribution in [2.75, 3.05) is 6.54 Å². The number of benzene rings is 1. The van der Waals surface area contributed by atoms with Crippen molar-refractivity contribution in [1.82, 2.24) is 4.72 Å². The van der Waals surface area contributed by atoms with Crippen LogP contribution in [0.1, 0.15) is 13.8 Å². The lowest BCUT2D eigenvalue weighted by atomic mass is 10.2. The van der Waals surface area contributed by atoms with Gasteiger partial charge in [-0.05, 0) is 18.1 Å². The molecule has 0 aromatic heterocycles. The van der Waals surface area contributed by atoms with Gasteiger partial charge in [-0.15, -0.1) is 13.2 Å². The molecule has 0 bridgehead atoms. The van der Waals surface area contributed by atoms with Crippen LogP contribution in [0.4, 0.5) is 13.2 Å². The Morgan fingerprint density at radius 1 is 1.26 bits per heavy atom. The summed E-state index contributed by atoms with van der Waals surface area (Å²) < 4.78 is 66.3. The van der Waals surface area contributed by atoms with E-state index < -0.39 is 27.0 Å². The second kappa shape index (κ2) is 5.79. The summed E-state index contributed by atoms with van der Waals surface area (Å²) in [5.41, 5.74) is 0. The Morgan fingerprint density at radius 2 is 1.84 bits per heavy atom. The lowest BCUT2D eigenvalue weighted by Gasteiger charge is -2.14. The Bertz CT molecular complexity index is 526. The maximum atomic E-state index is 12.2. The largest absolute Gasteiger partial charge is 0.573 e. The van der Waals surface area contributed by atoms with E-state index in [9.17, 15) is 21.6 Å². The fraction of sp³-hybridized carbons (Fsp3) is 0.455. The third kappa shape index (κ3) is 5.07. The van der Waals surface area contributed by atoms with E-state index in [1.807, 2.05) is 0 Å². The molecule has 0 unspecified atom stereocenters. The summed E-state index contributed by atoms with van der Waals surface area (Å²) in [6, 6.07) is 4.61. The highest BCUT2D eigenvalue weighted by molar-refractivity contribution is 7.89. The monoisotopic (exact) mass is 297 g/mol. The summed E-state index contributed by atoms with van der Waals surface area (Å²) in [5.74, 6) is -0.711. The molecule has 19 heavy (non-hydrogen) atoms. The summed E-state index contributed by atoms with van der Waals surface area (Å²) in [5, 5.41) is 0. The number of halogens is 3. The van der Waals surface area contributed by atoms with E-state index in [0.29, 0.717) is 0 Å². The number of ether oxygens (including phenoxy) is 1. The molecule has 0 aliphatic heterocycles. The van der Waals surface area contributed by atoms with Crippen molar-refractivity contribution in [2.24, 2.45) is 5.92 Å². The van der Waals surface area contributed by atoms with Crippen molar-refractivity contribution in [3.05, 3.63) is 24.3 Å². The average Bonchev–Trinajstić information content (AvgIpc) is 2.25. The van der Waals surface area contributed by atoms with Gasteiger partial charge in [0.2, 0.25) is 10.0 Å². The van der Waals surface area contributed by atoms with E-state index >= 15 is 0 Å². The molecule has 0 spiro atoms. The van der Waals surface area contributed by atoms with Gasteiger partial charge in [-0.1, -0.05) is 26.0 Å². The third-order valence-corrected chi connectivity index (χ3v) is 3.51. The van der Waals surface area contributed by atoms with Gasteiger partial charge in [0.1, 0.15) is 10.6 Å². The average molecular weight is 297 g/mol. The molecule has 0 aliphatic carbocycles. The van der Waals surface area contributed by atoms with Crippen LogP contribution < -0.4 is 9.46 Å². The first-order chi connectivity index (χ1) is 8.62. The zero-order valence-electron chi connectivity index (χ0n) is 10.4. The minimum atomic E-state index is -4.94. The maximum Gasteiger partial charge on any atom is 0.573 e. The van der Waals surface area contributed by atoms with Gasteiger partial charge in [-0.25, -0.2) is 13.1 Å². The summed E-state index contributed by atoms with van der Waals surface area (Å²) in [4.78, 5) is -0.534. The molecule has 0 saturated carbocycles. The van der Waals surface area contributed by atoms with Gasteiger partial charge in [0.25, 0.3) is 0 Å². The molecule has 1 aromatic carbocycles. The molecule has 0 fully saturated rings. The number of sulfonamides is 1. The van der Waals surface area contributed by atoms with Gasteiger partial charge in [0, 0.05) is 6.54 Å². The molecule has 0 amide bonds. The van der Waals surface area contributed by atoms with Gasteiger partial charge in [-0.3, -0.25) is 0 Å². The molecule has 108 valence electrons. The molecule has 1 rings (SSSR count). The molecule has 0 aliphatic rings. The first-order valence-electron chi connectivity index (χ1n) is 5.46. The van der Waals surface area contributed by atoms with Crippen LogP contribution in [0.2, 0.25) is 0 Å². The molecule has 0 heterocycles. The predicted octanol–water partition coefficient (Wildman–Crippen LogP) is 2.52. The number of para-hydroxylation sites is 1. The van der Waals surface area contributed by atoms with Crippen molar-refractivity contribution in [3.63, 3.8) is 0 Å². The minimum absolute atomic E-state index is 0.0328. The SMILES string of the molecule is CC(C)CNS(=O)(=O)c1ccccc1OC(F)(F)F. The Morgan fingerprint density at radius 3 is 2.37 bits per heavy atom. The second-order valence-electron chi connectivity index (χ2n) is 4.24. The van der Waals surface area contributed by atoms with Gasteiger partial charge in [0.05, 0.1) is 0 Å². The van der Waals surface area contributed by atoms with E-state index in [1.165, 1.54) is 12.1 Å². The number of alkyl halides is 3. The highest BCUT2D eigenvalue weighted by Crippen LogP contribution is 2.29. The zero-order chi connectivity index (χ0) is 14.7. The summed E-state index contributed by atoms with van der Waals surface area (Å²) >= 11 is 0. The van der Waals surface area contributed by atoms with E-state index in [0.717, 1.165) is 12.1 Å². The van der Waals surface area contributed by atoms with E-state index in [2.05, 4.69) is 9.46 Å². The first-order valence-corrected chi connectivity index (χ1v) is 6.94. The van der Waals surface area contributed by atoms with Crippen LogP contribution in [0.25, 0.3) is 0 Å². The topological polar surface area (TPSA) is 55.4 Å². The normalized spacial score (nSPS) is 12.7. The molecule has 0 atom stereocenters. The highest BCUT2D eigenvalue weighted by Gasteiger charge is 2.33. The predicted molar refractivity (Wildman–Crippen MR) is 63.2 cm³/mol. The Labute approximate surface area is 109 Å². The van der Waals surface area contributed by atoms with Crippen molar-refractivity contribution >= 4 is 10.0 Å². The van der Waals surface area contributed by atoms with Crippen LogP contribution in [0.15, 0.2) is 29.2 Å². The van der Waals surface area contributed by atoms with Crippen molar-refractivity contribution in [3.8, 4) is 5.75 Å². The molecular formula is C11H14F3NO3S. The van der Waals surface area contributed by atoms with Crippen LogP contribution in [0, 0.1) is 5.92 Å².